The average Bonchev–Trinajstić information content (AvgIpc) is 2.58. The predicted molar refractivity (Wildman–Crippen MR) is 99.9 cm³/mol. The van der Waals surface area contributed by atoms with Gasteiger partial charge in [-0.1, -0.05) is 35.9 Å². The number of rotatable bonds is 4. The molecule has 1 amide bonds. The van der Waals surface area contributed by atoms with E-state index in [-0.39, 0.29) is 5.91 Å². The third-order valence-corrected chi connectivity index (χ3v) is 4.58. The van der Waals surface area contributed by atoms with Crippen molar-refractivity contribution in [3.05, 3.63) is 59.1 Å². The van der Waals surface area contributed by atoms with Crippen LogP contribution in [0.2, 0.25) is 5.02 Å². The Labute approximate surface area is 148 Å². The molecule has 4 nitrogen and oxygen atoms in total. The third kappa shape index (κ3) is 4.28. The summed E-state index contributed by atoms with van der Waals surface area (Å²) in [6, 6.07) is 15.9. The molecule has 0 bridgehead atoms. The molecule has 0 unspecified atom stereocenters. The summed E-state index contributed by atoms with van der Waals surface area (Å²) in [5, 5.41) is 3.45. The Hall–Kier alpha value is -2.04. The third-order valence-electron chi connectivity index (χ3n) is 4.25. The SMILES string of the molecule is Cc1cccc(N2CCN(CC(=O)Nc3ccccc3Cl)CC2)c1. The molecule has 0 aromatic heterocycles. The van der Waals surface area contributed by atoms with Gasteiger partial charge in [-0.15, -0.1) is 0 Å². The molecular weight excluding hydrogens is 322 g/mol. The fraction of sp³-hybridized carbons (Fsp3) is 0.316. The first kappa shape index (κ1) is 16.8. The lowest BCUT2D eigenvalue weighted by Crippen LogP contribution is -2.48. The Morgan fingerprint density at radius 3 is 2.54 bits per heavy atom. The number of carbonyl (C=O) groups is 1. The molecule has 0 atom stereocenters. The van der Waals surface area contributed by atoms with Crippen LogP contribution in [0.3, 0.4) is 0 Å². The van der Waals surface area contributed by atoms with E-state index >= 15 is 0 Å². The fourth-order valence-corrected chi connectivity index (χ4v) is 3.13. The van der Waals surface area contributed by atoms with Gasteiger partial charge in [0, 0.05) is 31.9 Å². The number of aryl methyl sites for hydroxylation is 1. The minimum absolute atomic E-state index is 0.0212. The molecule has 1 fully saturated rings. The Balaban J connectivity index is 1.50. The predicted octanol–water partition coefficient (Wildman–Crippen LogP) is 3.41. The van der Waals surface area contributed by atoms with Crippen molar-refractivity contribution in [1.29, 1.82) is 0 Å². The van der Waals surface area contributed by atoms with Crippen LogP contribution in [0.25, 0.3) is 0 Å². The summed E-state index contributed by atoms with van der Waals surface area (Å²) < 4.78 is 0. The van der Waals surface area contributed by atoms with Crippen molar-refractivity contribution in [1.82, 2.24) is 4.90 Å². The van der Waals surface area contributed by atoms with Gasteiger partial charge in [0.25, 0.3) is 0 Å². The van der Waals surface area contributed by atoms with Crippen LogP contribution < -0.4 is 10.2 Å². The van der Waals surface area contributed by atoms with E-state index in [1.807, 2.05) is 18.2 Å². The van der Waals surface area contributed by atoms with Gasteiger partial charge in [0.15, 0.2) is 0 Å². The summed E-state index contributed by atoms with van der Waals surface area (Å²) in [5.74, 6) is -0.0212. The van der Waals surface area contributed by atoms with Crippen molar-refractivity contribution < 1.29 is 4.79 Å². The molecule has 2 aromatic carbocycles. The summed E-state index contributed by atoms with van der Waals surface area (Å²) in [6.07, 6.45) is 0. The lowest BCUT2D eigenvalue weighted by Gasteiger charge is -2.35. The first-order valence-electron chi connectivity index (χ1n) is 8.20. The highest BCUT2D eigenvalue weighted by Crippen LogP contribution is 2.21. The smallest absolute Gasteiger partial charge is 0.238 e. The minimum Gasteiger partial charge on any atom is -0.369 e. The number of benzene rings is 2. The van der Waals surface area contributed by atoms with Crippen molar-refractivity contribution in [3.8, 4) is 0 Å². The molecule has 126 valence electrons. The highest BCUT2D eigenvalue weighted by atomic mass is 35.5. The molecular formula is C19H22ClN3O. The van der Waals surface area contributed by atoms with Crippen LogP contribution in [0.1, 0.15) is 5.56 Å². The van der Waals surface area contributed by atoms with E-state index in [1.54, 1.807) is 6.07 Å². The number of halogens is 1. The number of nitrogens with one attached hydrogen (secondary N) is 1. The van der Waals surface area contributed by atoms with Gasteiger partial charge in [-0.2, -0.15) is 0 Å². The topological polar surface area (TPSA) is 35.6 Å². The number of piperazine rings is 1. The number of anilines is 2. The molecule has 1 heterocycles. The van der Waals surface area contributed by atoms with Gasteiger partial charge in [-0.3, -0.25) is 9.69 Å². The van der Waals surface area contributed by atoms with Crippen LogP contribution in [0.5, 0.6) is 0 Å². The van der Waals surface area contributed by atoms with E-state index in [0.29, 0.717) is 17.3 Å². The van der Waals surface area contributed by atoms with E-state index < -0.39 is 0 Å². The second-order valence-electron chi connectivity index (χ2n) is 6.13. The van der Waals surface area contributed by atoms with Gasteiger partial charge in [-0.25, -0.2) is 0 Å². The average molecular weight is 344 g/mol. The summed E-state index contributed by atoms with van der Waals surface area (Å²) >= 11 is 6.08. The van der Waals surface area contributed by atoms with Crippen molar-refractivity contribution in [3.63, 3.8) is 0 Å². The second kappa shape index (κ2) is 7.69. The molecule has 1 saturated heterocycles. The van der Waals surface area contributed by atoms with Gasteiger partial charge < -0.3 is 10.2 Å². The lowest BCUT2D eigenvalue weighted by atomic mass is 10.2. The second-order valence-corrected chi connectivity index (χ2v) is 6.54. The van der Waals surface area contributed by atoms with Gasteiger partial charge in [0.1, 0.15) is 0 Å². The van der Waals surface area contributed by atoms with E-state index in [4.69, 9.17) is 11.6 Å². The summed E-state index contributed by atoms with van der Waals surface area (Å²) in [6.45, 7) is 6.13. The maximum absolute atomic E-state index is 12.2. The maximum atomic E-state index is 12.2. The van der Waals surface area contributed by atoms with Crippen LogP contribution in [0.4, 0.5) is 11.4 Å². The van der Waals surface area contributed by atoms with Crippen molar-refractivity contribution in [2.75, 3.05) is 42.9 Å². The summed E-state index contributed by atoms with van der Waals surface area (Å²) in [7, 11) is 0. The van der Waals surface area contributed by atoms with E-state index in [9.17, 15) is 4.79 Å². The van der Waals surface area contributed by atoms with Crippen molar-refractivity contribution >= 4 is 28.9 Å². The molecule has 2 aromatic rings. The van der Waals surface area contributed by atoms with E-state index in [1.165, 1.54) is 11.3 Å². The van der Waals surface area contributed by atoms with Gasteiger partial charge in [0.2, 0.25) is 5.91 Å². The zero-order valence-electron chi connectivity index (χ0n) is 13.8. The Bertz CT molecular complexity index is 711. The molecule has 1 aliphatic heterocycles. The van der Waals surface area contributed by atoms with Gasteiger partial charge in [-0.05, 0) is 36.8 Å². The monoisotopic (exact) mass is 343 g/mol. The van der Waals surface area contributed by atoms with E-state index in [2.05, 4.69) is 46.3 Å². The molecule has 24 heavy (non-hydrogen) atoms. The standard InChI is InChI=1S/C19H22ClN3O/c1-15-5-4-6-16(13-15)23-11-9-22(10-12-23)14-19(24)21-18-8-3-2-7-17(18)20/h2-8,13H,9-12,14H2,1H3,(H,21,24). The van der Waals surface area contributed by atoms with Gasteiger partial charge >= 0.3 is 0 Å². The number of carbonyl (C=O) groups excluding carboxylic acids is 1. The molecule has 5 heteroatoms. The Kier molecular flexibility index (Phi) is 5.38. The molecule has 1 aliphatic rings. The molecule has 0 spiro atoms. The molecule has 0 radical (unpaired) electrons. The number of para-hydroxylation sites is 1. The quantitative estimate of drug-likeness (QED) is 0.924. The highest BCUT2D eigenvalue weighted by Gasteiger charge is 2.19. The van der Waals surface area contributed by atoms with Crippen LogP contribution >= 0.6 is 11.6 Å². The summed E-state index contributed by atoms with van der Waals surface area (Å²) in [5.41, 5.74) is 3.20. The molecule has 1 N–H and O–H groups in total. The first-order valence-corrected chi connectivity index (χ1v) is 8.58. The van der Waals surface area contributed by atoms with Crippen LogP contribution in [0, 0.1) is 6.92 Å². The van der Waals surface area contributed by atoms with Crippen LogP contribution in [0.15, 0.2) is 48.5 Å². The first-order chi connectivity index (χ1) is 11.6. The van der Waals surface area contributed by atoms with Crippen LogP contribution in [-0.2, 0) is 4.79 Å². The number of amides is 1. The lowest BCUT2D eigenvalue weighted by molar-refractivity contribution is -0.117. The zero-order valence-corrected chi connectivity index (χ0v) is 14.6. The minimum atomic E-state index is -0.0212. The number of nitrogens with zero attached hydrogens (tertiary/aromatic N) is 2. The van der Waals surface area contributed by atoms with Crippen molar-refractivity contribution in [2.24, 2.45) is 0 Å². The highest BCUT2D eigenvalue weighted by molar-refractivity contribution is 6.33. The Morgan fingerprint density at radius 2 is 1.83 bits per heavy atom. The molecule has 0 saturated carbocycles. The molecule has 0 aliphatic carbocycles. The largest absolute Gasteiger partial charge is 0.369 e. The fourth-order valence-electron chi connectivity index (χ4n) is 2.94. The number of hydrogen-bond acceptors (Lipinski definition) is 3. The normalized spacial score (nSPS) is 15.3. The summed E-state index contributed by atoms with van der Waals surface area (Å²) in [4.78, 5) is 16.8. The maximum Gasteiger partial charge on any atom is 0.238 e. The molecule has 3 rings (SSSR count). The Morgan fingerprint density at radius 1 is 1.08 bits per heavy atom. The zero-order chi connectivity index (χ0) is 16.9. The van der Waals surface area contributed by atoms with Crippen LogP contribution in [-0.4, -0.2) is 43.5 Å². The number of hydrogen-bond donors (Lipinski definition) is 1. The van der Waals surface area contributed by atoms with E-state index in [0.717, 1.165) is 26.2 Å². The van der Waals surface area contributed by atoms with Crippen molar-refractivity contribution in [2.45, 2.75) is 6.92 Å². The van der Waals surface area contributed by atoms with Gasteiger partial charge in [0.05, 0.1) is 17.3 Å².